The molecule has 3 heterocycles. The van der Waals surface area contributed by atoms with Crippen LogP contribution in [-0.4, -0.2) is 28.8 Å². The number of ether oxygens (including phenoxy) is 1. The average Bonchev–Trinajstić information content (AvgIpc) is 3.12. The Labute approximate surface area is 160 Å². The number of nitrogens with one attached hydrogen (secondary N) is 2. The highest BCUT2D eigenvalue weighted by Gasteiger charge is 2.36. The van der Waals surface area contributed by atoms with Crippen molar-refractivity contribution in [3.8, 4) is 0 Å². The molecule has 8 heteroatoms. The van der Waals surface area contributed by atoms with E-state index in [2.05, 4.69) is 29.1 Å². The first kappa shape index (κ1) is 18.7. The van der Waals surface area contributed by atoms with Crippen LogP contribution in [-0.2, 0) is 9.53 Å². The number of esters is 1. The Morgan fingerprint density at radius 3 is 2.85 bits per heavy atom. The number of hydrogen-bond acceptors (Lipinski definition) is 7. The average molecular weight is 392 g/mol. The highest BCUT2D eigenvalue weighted by Crippen LogP contribution is 2.41. The van der Waals surface area contributed by atoms with Crippen molar-refractivity contribution in [2.45, 2.75) is 31.8 Å². The second-order valence-corrected chi connectivity index (χ2v) is 8.43. The van der Waals surface area contributed by atoms with Gasteiger partial charge >= 0.3 is 5.97 Å². The van der Waals surface area contributed by atoms with Crippen LogP contribution in [0.5, 0.6) is 0 Å². The Balaban J connectivity index is 2.13. The number of rotatable bonds is 5. The maximum Gasteiger partial charge on any atom is 0.336 e. The molecule has 0 saturated carbocycles. The molecule has 138 valence electrons. The van der Waals surface area contributed by atoms with Gasteiger partial charge in [-0.2, -0.15) is 0 Å². The van der Waals surface area contributed by atoms with Crippen molar-refractivity contribution >= 4 is 34.9 Å². The van der Waals surface area contributed by atoms with E-state index in [0.717, 1.165) is 10.6 Å². The van der Waals surface area contributed by atoms with Gasteiger partial charge in [-0.05, 0) is 24.3 Å². The van der Waals surface area contributed by atoms with Crippen LogP contribution in [0.3, 0.4) is 0 Å². The van der Waals surface area contributed by atoms with E-state index in [1.807, 2.05) is 17.5 Å². The predicted octanol–water partition coefficient (Wildman–Crippen LogP) is 3.58. The van der Waals surface area contributed by atoms with Crippen molar-refractivity contribution in [1.82, 2.24) is 9.97 Å². The molecule has 1 aliphatic rings. The maximum absolute atomic E-state index is 12.9. The monoisotopic (exact) mass is 391 g/mol. The standard InChI is InChI=1S/C18H21N3O3S2/c1-9(2)8-26-18-20-15-14(16(22)21-18)13(11-6-5-7-25-11)12(10(3)19-15)17(23)24-4/h5-7,9,13H,8H2,1-4H3,(H2,19,20,21,22). The molecule has 2 aromatic heterocycles. The molecule has 0 aliphatic carbocycles. The molecule has 0 fully saturated rings. The van der Waals surface area contributed by atoms with Crippen LogP contribution in [0.2, 0.25) is 0 Å². The van der Waals surface area contributed by atoms with Crippen molar-refractivity contribution in [2.24, 2.45) is 5.92 Å². The summed E-state index contributed by atoms with van der Waals surface area (Å²) in [5.74, 6) is 0.915. The van der Waals surface area contributed by atoms with E-state index >= 15 is 0 Å². The summed E-state index contributed by atoms with van der Waals surface area (Å²) >= 11 is 3.01. The molecule has 0 radical (unpaired) electrons. The molecule has 0 saturated heterocycles. The Kier molecular flexibility index (Phi) is 5.52. The van der Waals surface area contributed by atoms with Crippen molar-refractivity contribution < 1.29 is 9.53 Å². The third kappa shape index (κ3) is 3.57. The summed E-state index contributed by atoms with van der Waals surface area (Å²) in [6.45, 7) is 6.04. The summed E-state index contributed by atoms with van der Waals surface area (Å²) in [6.07, 6.45) is 0. The van der Waals surface area contributed by atoms with E-state index in [1.165, 1.54) is 30.2 Å². The molecule has 0 spiro atoms. The molecule has 0 amide bonds. The maximum atomic E-state index is 12.9. The largest absolute Gasteiger partial charge is 0.466 e. The minimum Gasteiger partial charge on any atom is -0.466 e. The molecular formula is C18H21N3O3S2. The number of fused-ring (bicyclic) bond motifs is 1. The van der Waals surface area contributed by atoms with Gasteiger partial charge in [0.15, 0.2) is 5.16 Å². The van der Waals surface area contributed by atoms with E-state index in [-0.39, 0.29) is 5.56 Å². The molecule has 0 bridgehead atoms. The number of carbonyl (C=O) groups is 1. The number of H-pyrrole nitrogens is 1. The van der Waals surface area contributed by atoms with Gasteiger partial charge in [0.25, 0.3) is 5.56 Å². The fourth-order valence-corrected chi connectivity index (χ4v) is 4.52. The first-order valence-corrected chi connectivity index (χ1v) is 10.2. The first-order valence-electron chi connectivity index (χ1n) is 8.28. The van der Waals surface area contributed by atoms with Crippen LogP contribution in [0.4, 0.5) is 5.82 Å². The first-order chi connectivity index (χ1) is 12.4. The zero-order valence-corrected chi connectivity index (χ0v) is 16.7. The molecule has 1 atom stereocenters. The van der Waals surface area contributed by atoms with Crippen molar-refractivity contribution in [3.63, 3.8) is 0 Å². The Bertz CT molecular complexity index is 901. The second kappa shape index (κ2) is 7.67. The van der Waals surface area contributed by atoms with Gasteiger partial charge in [-0.15, -0.1) is 11.3 Å². The number of aromatic nitrogens is 2. The molecule has 3 rings (SSSR count). The number of thioether (sulfide) groups is 1. The van der Waals surface area contributed by atoms with Gasteiger partial charge in [0, 0.05) is 16.3 Å². The molecule has 1 aliphatic heterocycles. The van der Waals surface area contributed by atoms with Crippen LogP contribution >= 0.6 is 23.1 Å². The van der Waals surface area contributed by atoms with E-state index in [1.54, 1.807) is 6.92 Å². The number of allylic oxidation sites excluding steroid dienone is 1. The summed E-state index contributed by atoms with van der Waals surface area (Å²) in [5.41, 5.74) is 1.31. The lowest BCUT2D eigenvalue weighted by Crippen LogP contribution is -2.30. The summed E-state index contributed by atoms with van der Waals surface area (Å²) < 4.78 is 4.96. The quantitative estimate of drug-likeness (QED) is 0.460. The predicted molar refractivity (Wildman–Crippen MR) is 105 cm³/mol. The zero-order valence-electron chi connectivity index (χ0n) is 15.1. The van der Waals surface area contributed by atoms with Crippen LogP contribution in [0.1, 0.15) is 37.1 Å². The van der Waals surface area contributed by atoms with Gasteiger partial charge < -0.3 is 15.0 Å². The Morgan fingerprint density at radius 1 is 1.46 bits per heavy atom. The Morgan fingerprint density at radius 2 is 2.23 bits per heavy atom. The number of aromatic amines is 1. The number of thiophene rings is 1. The molecule has 6 nitrogen and oxygen atoms in total. The van der Waals surface area contributed by atoms with Gasteiger partial charge in [-0.25, -0.2) is 9.78 Å². The second-order valence-electron chi connectivity index (χ2n) is 6.44. The van der Waals surface area contributed by atoms with Gasteiger partial charge in [-0.3, -0.25) is 4.79 Å². The van der Waals surface area contributed by atoms with Crippen molar-refractivity contribution in [3.05, 3.63) is 49.6 Å². The highest BCUT2D eigenvalue weighted by molar-refractivity contribution is 7.99. The zero-order chi connectivity index (χ0) is 18.8. The van der Waals surface area contributed by atoms with Gasteiger partial charge in [0.1, 0.15) is 5.82 Å². The van der Waals surface area contributed by atoms with E-state index < -0.39 is 11.9 Å². The minimum atomic E-state index is -0.487. The van der Waals surface area contributed by atoms with Crippen molar-refractivity contribution in [2.75, 3.05) is 18.2 Å². The summed E-state index contributed by atoms with van der Waals surface area (Å²) in [7, 11) is 1.34. The lowest BCUT2D eigenvalue weighted by Gasteiger charge is -2.27. The lowest BCUT2D eigenvalue weighted by molar-refractivity contribution is -0.136. The van der Waals surface area contributed by atoms with E-state index in [4.69, 9.17) is 4.74 Å². The molecule has 26 heavy (non-hydrogen) atoms. The van der Waals surface area contributed by atoms with Crippen LogP contribution in [0.15, 0.2) is 38.7 Å². The fraction of sp³-hybridized carbons (Fsp3) is 0.389. The Hall–Kier alpha value is -2.06. The minimum absolute atomic E-state index is 0.235. The summed E-state index contributed by atoms with van der Waals surface area (Å²) in [4.78, 5) is 33.6. The van der Waals surface area contributed by atoms with Gasteiger partial charge in [0.05, 0.1) is 24.2 Å². The van der Waals surface area contributed by atoms with Gasteiger partial charge in [-0.1, -0.05) is 31.7 Å². The third-order valence-electron chi connectivity index (χ3n) is 4.01. The lowest BCUT2D eigenvalue weighted by atomic mass is 9.86. The number of hydrogen-bond donors (Lipinski definition) is 2. The summed E-state index contributed by atoms with van der Waals surface area (Å²) in [6, 6.07) is 3.82. The van der Waals surface area contributed by atoms with E-state index in [0.29, 0.717) is 33.7 Å². The third-order valence-corrected chi connectivity index (χ3v) is 6.24. The fourth-order valence-electron chi connectivity index (χ4n) is 2.87. The smallest absolute Gasteiger partial charge is 0.336 e. The van der Waals surface area contributed by atoms with E-state index in [9.17, 15) is 9.59 Å². The number of methoxy groups -OCH3 is 1. The van der Waals surface area contributed by atoms with Crippen molar-refractivity contribution in [1.29, 1.82) is 0 Å². The van der Waals surface area contributed by atoms with Crippen LogP contribution in [0, 0.1) is 5.92 Å². The molecular weight excluding hydrogens is 370 g/mol. The molecule has 2 N–H and O–H groups in total. The van der Waals surface area contributed by atoms with Gasteiger partial charge in [0.2, 0.25) is 0 Å². The number of anilines is 1. The molecule has 2 aromatic rings. The summed E-state index contributed by atoms with van der Waals surface area (Å²) in [5, 5.41) is 5.63. The van der Waals surface area contributed by atoms with Crippen LogP contribution in [0.25, 0.3) is 0 Å². The number of carbonyl (C=O) groups excluding carboxylic acids is 1. The topological polar surface area (TPSA) is 84.1 Å². The SMILES string of the molecule is COC(=O)C1=C(C)Nc2nc(SCC(C)C)[nH]c(=O)c2C1c1cccs1. The number of nitrogens with zero attached hydrogens (tertiary/aromatic N) is 1. The molecule has 1 unspecified atom stereocenters. The van der Waals surface area contributed by atoms with Crippen LogP contribution < -0.4 is 10.9 Å². The molecule has 0 aromatic carbocycles. The highest BCUT2D eigenvalue weighted by atomic mass is 32.2. The normalized spacial score (nSPS) is 16.4.